The van der Waals surface area contributed by atoms with Gasteiger partial charge < -0.3 is 15.4 Å². The lowest BCUT2D eigenvalue weighted by Crippen LogP contribution is -2.50. The van der Waals surface area contributed by atoms with Gasteiger partial charge in [0.1, 0.15) is 30.0 Å². The number of aromatic nitrogens is 5. The van der Waals surface area contributed by atoms with E-state index < -0.39 is 85.5 Å². The Kier molecular flexibility index (Phi) is 11.3. The highest BCUT2D eigenvalue weighted by Crippen LogP contribution is 2.49. The first-order valence-corrected chi connectivity index (χ1v) is 16.4. The van der Waals surface area contributed by atoms with Crippen LogP contribution in [-0.4, -0.2) is 72.3 Å². The van der Waals surface area contributed by atoms with Crippen LogP contribution >= 0.6 is 0 Å². The maximum Gasteiger partial charge on any atom is 0.411 e. The van der Waals surface area contributed by atoms with Crippen LogP contribution < -0.4 is 10.6 Å². The lowest BCUT2D eigenvalue weighted by Gasteiger charge is -2.33. The molecule has 2 aromatic carbocycles. The number of benzene rings is 2. The second kappa shape index (κ2) is 15.4. The van der Waals surface area contributed by atoms with E-state index in [1.165, 1.54) is 36.5 Å². The smallest absolute Gasteiger partial charge is 0.411 e. The molecule has 2 heterocycles. The zero-order valence-corrected chi connectivity index (χ0v) is 29.0. The lowest BCUT2D eigenvalue weighted by molar-refractivity contribution is -0.164. The number of nitrogens with zero attached hydrogens (tertiary/aromatic N) is 6. The second-order valence-corrected chi connectivity index (χ2v) is 13.7. The van der Waals surface area contributed by atoms with Gasteiger partial charge in [0.05, 0.1) is 12.2 Å². The predicted octanol–water partition coefficient (Wildman–Crippen LogP) is 7.57. The molecule has 290 valence electrons. The van der Waals surface area contributed by atoms with Crippen molar-refractivity contribution < 1.29 is 49.4 Å². The van der Waals surface area contributed by atoms with E-state index in [0.717, 1.165) is 29.6 Å². The molecule has 2 amide bonds. The quantitative estimate of drug-likeness (QED) is 0.0767. The van der Waals surface area contributed by atoms with Crippen molar-refractivity contribution in [1.29, 1.82) is 5.41 Å². The lowest BCUT2D eigenvalue weighted by atomic mass is 9.92. The first-order valence-electron chi connectivity index (χ1n) is 16.4. The third kappa shape index (κ3) is 8.96. The molecule has 2 aromatic heterocycles. The van der Waals surface area contributed by atoms with Crippen LogP contribution in [0.25, 0.3) is 16.8 Å². The zero-order chi connectivity index (χ0) is 39.6. The summed E-state index contributed by atoms with van der Waals surface area (Å²) in [6, 6.07) is 6.94. The van der Waals surface area contributed by atoms with Crippen LogP contribution in [0, 0.1) is 16.6 Å². The van der Waals surface area contributed by atoms with E-state index in [-0.39, 0.29) is 23.1 Å². The number of rotatable bonds is 12. The third-order valence-corrected chi connectivity index (χ3v) is 8.57. The summed E-state index contributed by atoms with van der Waals surface area (Å²) in [5.74, 6) is -3.49. The van der Waals surface area contributed by atoms with Crippen molar-refractivity contribution in [3.05, 3.63) is 84.0 Å². The van der Waals surface area contributed by atoms with Gasteiger partial charge in [-0.05, 0) is 60.1 Å². The van der Waals surface area contributed by atoms with Gasteiger partial charge in [-0.2, -0.15) is 32.1 Å². The molecule has 0 aliphatic heterocycles. The van der Waals surface area contributed by atoms with E-state index in [2.05, 4.69) is 20.5 Å². The molecule has 1 fully saturated rings. The fourth-order valence-electron chi connectivity index (χ4n) is 5.38. The Bertz CT molecular complexity index is 1970. The number of alkyl carbamates (subject to hydrolysis) is 1. The molecule has 0 radical (unpaired) electrons. The Balaban J connectivity index is 1.53. The molecule has 3 N–H and O–H groups in total. The Hall–Kier alpha value is -5.56. The number of guanidine groups is 1. The second-order valence-electron chi connectivity index (χ2n) is 13.7. The van der Waals surface area contributed by atoms with Crippen molar-refractivity contribution in [2.75, 3.05) is 13.2 Å². The topological polar surface area (TPSA) is 143 Å². The van der Waals surface area contributed by atoms with Crippen LogP contribution in [0.1, 0.15) is 80.8 Å². The van der Waals surface area contributed by atoms with Crippen molar-refractivity contribution in [2.24, 2.45) is 5.41 Å². The molecule has 4 aromatic rings. The summed E-state index contributed by atoms with van der Waals surface area (Å²) >= 11 is 0. The number of carbonyl (C=O) groups excluding carboxylic acids is 2. The van der Waals surface area contributed by atoms with E-state index in [9.17, 15) is 40.3 Å². The van der Waals surface area contributed by atoms with Gasteiger partial charge in [-0.15, -0.1) is 0 Å². The number of ether oxygens (including phenoxy) is 1. The Morgan fingerprint density at radius 3 is 2.26 bits per heavy atom. The van der Waals surface area contributed by atoms with Crippen LogP contribution in [0.5, 0.6) is 0 Å². The minimum atomic E-state index is -4.78. The SMILES string of the molecule is CC(C)(C)CCNC(=N)N(C(=O)c1ccc(-c2cnn(C(F)F)c2)cc1)[C@H](COC(=O)NC1(C(F)(F)F)CC1)c1ccc(-n2ncnc2C(F)F)c(F)c1. The van der Waals surface area contributed by atoms with Crippen molar-refractivity contribution >= 4 is 18.0 Å². The van der Waals surface area contributed by atoms with Gasteiger partial charge >= 0.3 is 18.8 Å². The molecular weight excluding hydrogens is 734 g/mol. The van der Waals surface area contributed by atoms with E-state index in [0.29, 0.717) is 26.9 Å². The van der Waals surface area contributed by atoms with Gasteiger partial charge in [-0.25, -0.2) is 32.3 Å². The summed E-state index contributed by atoms with van der Waals surface area (Å²) in [6.07, 6.45) is -6.63. The van der Waals surface area contributed by atoms with E-state index in [1.807, 2.05) is 20.8 Å². The molecular formula is C34H35F8N9O3. The molecule has 1 saturated carbocycles. The fourth-order valence-corrected chi connectivity index (χ4v) is 5.38. The molecule has 0 spiro atoms. The minimum Gasteiger partial charge on any atom is -0.447 e. The number of nitrogens with one attached hydrogen (secondary N) is 3. The monoisotopic (exact) mass is 769 g/mol. The van der Waals surface area contributed by atoms with Crippen LogP contribution in [0.15, 0.2) is 61.2 Å². The predicted molar refractivity (Wildman–Crippen MR) is 176 cm³/mol. The number of hydrogen-bond donors (Lipinski definition) is 3. The standard InChI is InChI=1S/C34H35F8N9O3/c1-32(2,3)12-13-44-30(43)50(28(52)20-6-4-19(5-7-20)22-15-46-49(16-22)29(38)39)25(17-54-31(53)48-33(10-11-33)34(40,41)42)21-8-9-24(23(35)14-21)51-27(26(36)37)45-18-47-51/h4-9,14-16,18,25-26,29H,10-13,17H2,1-3H3,(H2,43,44)(H,48,53)/t25-/m1/s1. The molecule has 1 aliphatic rings. The zero-order valence-electron chi connectivity index (χ0n) is 29.0. The number of halogens is 8. The normalized spacial score (nSPS) is 14.5. The molecule has 12 nitrogen and oxygen atoms in total. The van der Waals surface area contributed by atoms with E-state index in [4.69, 9.17) is 10.1 Å². The molecule has 20 heteroatoms. The van der Waals surface area contributed by atoms with Gasteiger partial charge in [0.15, 0.2) is 11.8 Å². The van der Waals surface area contributed by atoms with Gasteiger partial charge in [0.2, 0.25) is 0 Å². The summed E-state index contributed by atoms with van der Waals surface area (Å²) < 4.78 is 116. The summed E-state index contributed by atoms with van der Waals surface area (Å²) in [5, 5.41) is 20.8. The van der Waals surface area contributed by atoms with Gasteiger partial charge in [0.25, 0.3) is 12.3 Å². The number of hydrogen-bond acceptors (Lipinski definition) is 7. The first-order chi connectivity index (χ1) is 25.3. The summed E-state index contributed by atoms with van der Waals surface area (Å²) in [4.78, 5) is 31.3. The van der Waals surface area contributed by atoms with Crippen molar-refractivity contribution in [2.45, 2.75) is 70.8 Å². The Morgan fingerprint density at radius 1 is 1.02 bits per heavy atom. The fraction of sp³-hybridized carbons (Fsp3) is 0.412. The van der Waals surface area contributed by atoms with Crippen molar-refractivity contribution in [3.8, 4) is 16.8 Å². The van der Waals surface area contributed by atoms with E-state index >= 15 is 4.39 Å². The molecule has 1 aliphatic carbocycles. The van der Waals surface area contributed by atoms with Crippen molar-refractivity contribution in [3.63, 3.8) is 0 Å². The van der Waals surface area contributed by atoms with Crippen LogP contribution in [0.4, 0.5) is 39.9 Å². The highest BCUT2D eigenvalue weighted by molar-refractivity contribution is 6.05. The molecule has 0 bridgehead atoms. The molecule has 54 heavy (non-hydrogen) atoms. The molecule has 1 atom stereocenters. The minimum absolute atomic E-state index is 0.0767. The Labute approximate surface area is 303 Å². The van der Waals surface area contributed by atoms with Crippen LogP contribution in [0.2, 0.25) is 0 Å². The van der Waals surface area contributed by atoms with Gasteiger partial charge in [0, 0.05) is 23.9 Å². The average Bonchev–Trinajstić information content (AvgIpc) is 3.47. The molecule has 0 unspecified atom stereocenters. The Morgan fingerprint density at radius 2 is 1.70 bits per heavy atom. The average molecular weight is 770 g/mol. The third-order valence-electron chi connectivity index (χ3n) is 8.57. The summed E-state index contributed by atoms with van der Waals surface area (Å²) in [7, 11) is 0. The number of carbonyl (C=O) groups is 2. The van der Waals surface area contributed by atoms with Crippen LogP contribution in [0.3, 0.4) is 0 Å². The maximum atomic E-state index is 15.8. The molecule has 0 saturated heterocycles. The number of alkyl halides is 7. The first kappa shape index (κ1) is 39.6. The highest BCUT2D eigenvalue weighted by atomic mass is 19.4. The van der Waals surface area contributed by atoms with Gasteiger partial charge in [-0.3, -0.25) is 15.1 Å². The largest absolute Gasteiger partial charge is 0.447 e. The molecule has 5 rings (SSSR count). The van der Waals surface area contributed by atoms with E-state index in [1.54, 1.807) is 5.32 Å². The van der Waals surface area contributed by atoms with Crippen LogP contribution in [-0.2, 0) is 4.74 Å². The highest BCUT2D eigenvalue weighted by Gasteiger charge is 2.64. The van der Waals surface area contributed by atoms with Gasteiger partial charge in [-0.1, -0.05) is 39.0 Å². The van der Waals surface area contributed by atoms with Crippen molar-refractivity contribution in [1.82, 2.24) is 40.1 Å². The summed E-state index contributed by atoms with van der Waals surface area (Å²) in [6.45, 7) is 2.14. The maximum absolute atomic E-state index is 15.8. The number of amides is 2. The summed E-state index contributed by atoms with van der Waals surface area (Å²) in [5.41, 5.74) is -2.73.